The van der Waals surface area contributed by atoms with Crippen molar-refractivity contribution in [1.82, 2.24) is 5.32 Å². The van der Waals surface area contributed by atoms with E-state index < -0.39 is 22.3 Å². The summed E-state index contributed by atoms with van der Waals surface area (Å²) in [6.45, 7) is 0.101. The standard InChI is InChI=1S/C9H13NO6S/c1-10-5-9(16-17(13,14)15)6-2-3-7(11)8(12)4-6/h2-4,9-12H,5H2,1H3,(H,13,14,15). The van der Waals surface area contributed by atoms with Crippen LogP contribution in [0.3, 0.4) is 0 Å². The Morgan fingerprint density at radius 2 is 2.00 bits per heavy atom. The molecule has 17 heavy (non-hydrogen) atoms. The van der Waals surface area contributed by atoms with Crippen molar-refractivity contribution in [2.24, 2.45) is 0 Å². The van der Waals surface area contributed by atoms with E-state index in [1.807, 2.05) is 0 Å². The second-order valence-corrected chi connectivity index (χ2v) is 4.37. The highest BCUT2D eigenvalue weighted by Crippen LogP contribution is 2.29. The van der Waals surface area contributed by atoms with Crippen molar-refractivity contribution >= 4 is 10.4 Å². The lowest BCUT2D eigenvalue weighted by atomic mass is 10.1. The Labute approximate surface area is 98.6 Å². The molecule has 0 fully saturated rings. The fraction of sp³-hybridized carbons (Fsp3) is 0.333. The Morgan fingerprint density at radius 1 is 1.35 bits per heavy atom. The van der Waals surface area contributed by atoms with Gasteiger partial charge in [-0.2, -0.15) is 8.42 Å². The number of likely N-dealkylation sites (N-methyl/N-ethyl adjacent to an activating group) is 1. The molecule has 0 spiro atoms. The molecule has 0 radical (unpaired) electrons. The van der Waals surface area contributed by atoms with Crippen molar-refractivity contribution < 1.29 is 27.4 Å². The topological polar surface area (TPSA) is 116 Å². The number of hydrogen-bond donors (Lipinski definition) is 4. The molecule has 96 valence electrons. The van der Waals surface area contributed by atoms with Crippen LogP contribution in [0.1, 0.15) is 11.7 Å². The van der Waals surface area contributed by atoms with Crippen molar-refractivity contribution in [3.05, 3.63) is 23.8 Å². The summed E-state index contributed by atoms with van der Waals surface area (Å²) in [5.74, 6) is -0.730. The number of rotatable bonds is 5. The maximum Gasteiger partial charge on any atom is 0.397 e. The van der Waals surface area contributed by atoms with Gasteiger partial charge in [-0.1, -0.05) is 6.07 Å². The van der Waals surface area contributed by atoms with Gasteiger partial charge in [0.25, 0.3) is 0 Å². The summed E-state index contributed by atoms with van der Waals surface area (Å²) in [6.07, 6.45) is -0.999. The van der Waals surface area contributed by atoms with Crippen LogP contribution in [0.5, 0.6) is 11.5 Å². The van der Waals surface area contributed by atoms with Gasteiger partial charge < -0.3 is 15.5 Å². The number of phenols is 2. The molecule has 1 rings (SSSR count). The van der Waals surface area contributed by atoms with Gasteiger partial charge in [-0.05, 0) is 24.7 Å². The number of benzene rings is 1. The first-order valence-electron chi connectivity index (χ1n) is 4.65. The molecule has 8 heteroatoms. The molecule has 0 bridgehead atoms. The van der Waals surface area contributed by atoms with Crippen LogP contribution >= 0.6 is 0 Å². The maximum absolute atomic E-state index is 10.6. The van der Waals surface area contributed by atoms with Crippen LogP contribution in [0.4, 0.5) is 0 Å². The normalized spacial score (nSPS) is 13.5. The average molecular weight is 263 g/mol. The highest BCUT2D eigenvalue weighted by molar-refractivity contribution is 7.80. The van der Waals surface area contributed by atoms with Crippen molar-refractivity contribution in [3.8, 4) is 11.5 Å². The van der Waals surface area contributed by atoms with Gasteiger partial charge in [-0.3, -0.25) is 4.55 Å². The molecule has 0 saturated heterocycles. The van der Waals surface area contributed by atoms with E-state index >= 15 is 0 Å². The van der Waals surface area contributed by atoms with Gasteiger partial charge in [-0.15, -0.1) is 0 Å². The smallest absolute Gasteiger partial charge is 0.397 e. The van der Waals surface area contributed by atoms with Gasteiger partial charge in [0.15, 0.2) is 11.5 Å². The molecule has 1 aromatic carbocycles. The van der Waals surface area contributed by atoms with E-state index in [1.165, 1.54) is 12.1 Å². The SMILES string of the molecule is CNCC(OS(=O)(=O)O)c1ccc(O)c(O)c1. The van der Waals surface area contributed by atoms with Crippen molar-refractivity contribution in [2.75, 3.05) is 13.6 Å². The van der Waals surface area contributed by atoms with Gasteiger partial charge >= 0.3 is 10.4 Å². The summed E-state index contributed by atoms with van der Waals surface area (Å²) in [5, 5.41) is 21.1. The molecule has 1 atom stereocenters. The molecule has 0 heterocycles. The fourth-order valence-electron chi connectivity index (χ4n) is 1.28. The molecule has 1 unspecified atom stereocenters. The van der Waals surface area contributed by atoms with Crippen LogP contribution in [0.2, 0.25) is 0 Å². The van der Waals surface area contributed by atoms with Crippen LogP contribution in [-0.2, 0) is 14.6 Å². The van der Waals surface area contributed by atoms with Crippen LogP contribution in [0, 0.1) is 0 Å². The zero-order chi connectivity index (χ0) is 13.1. The minimum atomic E-state index is -4.60. The maximum atomic E-state index is 10.6. The van der Waals surface area contributed by atoms with E-state index in [-0.39, 0.29) is 12.3 Å². The molecule has 7 nitrogen and oxygen atoms in total. The van der Waals surface area contributed by atoms with E-state index in [9.17, 15) is 13.5 Å². The van der Waals surface area contributed by atoms with E-state index in [0.717, 1.165) is 6.07 Å². The highest BCUT2D eigenvalue weighted by atomic mass is 32.3. The molecule has 0 saturated carbocycles. The quantitative estimate of drug-likeness (QED) is 0.442. The molecule has 0 amide bonds. The molecular formula is C9H13NO6S. The Bertz CT molecular complexity index is 486. The summed E-state index contributed by atoms with van der Waals surface area (Å²) >= 11 is 0. The van der Waals surface area contributed by atoms with E-state index in [0.29, 0.717) is 5.56 Å². The van der Waals surface area contributed by atoms with Crippen molar-refractivity contribution in [1.29, 1.82) is 0 Å². The lowest BCUT2D eigenvalue weighted by Crippen LogP contribution is -2.22. The summed E-state index contributed by atoms with van der Waals surface area (Å²) in [7, 11) is -3.03. The number of nitrogens with one attached hydrogen (secondary N) is 1. The first-order valence-corrected chi connectivity index (χ1v) is 6.02. The van der Waals surface area contributed by atoms with Gasteiger partial charge in [-0.25, -0.2) is 4.18 Å². The minimum absolute atomic E-state index is 0.101. The number of hydrogen-bond acceptors (Lipinski definition) is 6. The lowest BCUT2D eigenvalue weighted by Gasteiger charge is -2.15. The zero-order valence-corrected chi connectivity index (χ0v) is 9.81. The van der Waals surface area contributed by atoms with Crippen molar-refractivity contribution in [2.45, 2.75) is 6.10 Å². The minimum Gasteiger partial charge on any atom is -0.504 e. The van der Waals surface area contributed by atoms with Crippen LogP contribution < -0.4 is 5.32 Å². The Balaban J connectivity index is 3.01. The van der Waals surface area contributed by atoms with E-state index in [4.69, 9.17) is 9.66 Å². The number of aromatic hydroxyl groups is 2. The van der Waals surface area contributed by atoms with Gasteiger partial charge in [0, 0.05) is 6.54 Å². The monoisotopic (exact) mass is 263 g/mol. The Morgan fingerprint density at radius 3 is 2.47 bits per heavy atom. The van der Waals surface area contributed by atoms with Crippen LogP contribution in [-0.4, -0.2) is 36.8 Å². The second-order valence-electron chi connectivity index (χ2n) is 3.32. The van der Waals surface area contributed by atoms with Crippen LogP contribution in [0.25, 0.3) is 0 Å². The Kier molecular flexibility index (Phi) is 4.29. The third-order valence-corrected chi connectivity index (χ3v) is 2.47. The molecular weight excluding hydrogens is 250 g/mol. The predicted molar refractivity (Wildman–Crippen MR) is 59.1 cm³/mol. The molecule has 1 aromatic rings. The van der Waals surface area contributed by atoms with Crippen LogP contribution in [0.15, 0.2) is 18.2 Å². The van der Waals surface area contributed by atoms with Gasteiger partial charge in [0.2, 0.25) is 0 Å². The number of phenolic OH excluding ortho intramolecular Hbond substituents is 2. The molecule has 0 aliphatic rings. The third kappa shape index (κ3) is 4.19. The summed E-state index contributed by atoms with van der Waals surface area (Å²) < 4.78 is 34.3. The van der Waals surface area contributed by atoms with Gasteiger partial charge in [0.05, 0.1) is 0 Å². The molecule has 0 aromatic heterocycles. The molecule has 0 aliphatic heterocycles. The highest BCUT2D eigenvalue weighted by Gasteiger charge is 2.19. The molecule has 0 aliphatic carbocycles. The average Bonchev–Trinajstić information content (AvgIpc) is 2.19. The first-order chi connectivity index (χ1) is 7.83. The van der Waals surface area contributed by atoms with E-state index in [2.05, 4.69) is 9.50 Å². The first kappa shape index (κ1) is 13.7. The summed E-state index contributed by atoms with van der Waals surface area (Å²) in [4.78, 5) is 0. The third-order valence-electron chi connectivity index (χ3n) is 2.00. The Hall–Kier alpha value is -1.35. The van der Waals surface area contributed by atoms with E-state index in [1.54, 1.807) is 7.05 Å². The molecule has 4 N–H and O–H groups in total. The predicted octanol–water partition coefficient (Wildman–Crippen LogP) is 0.178. The lowest BCUT2D eigenvalue weighted by molar-refractivity contribution is 0.183. The van der Waals surface area contributed by atoms with Crippen molar-refractivity contribution in [3.63, 3.8) is 0 Å². The van der Waals surface area contributed by atoms with Gasteiger partial charge in [0.1, 0.15) is 6.10 Å². The summed E-state index contributed by atoms with van der Waals surface area (Å²) in [5.41, 5.74) is 0.298. The second kappa shape index (κ2) is 5.32. The fourth-order valence-corrected chi connectivity index (χ4v) is 1.75. The summed E-state index contributed by atoms with van der Waals surface area (Å²) in [6, 6.07) is 3.73. The zero-order valence-electron chi connectivity index (χ0n) is 8.99. The largest absolute Gasteiger partial charge is 0.504 e.